The fourth-order valence-electron chi connectivity index (χ4n) is 3.05. The average molecular weight is 346 g/mol. The first-order valence-electron chi connectivity index (χ1n) is 8.04. The van der Waals surface area contributed by atoms with E-state index < -0.39 is 0 Å². The number of benzene rings is 1. The molecule has 1 aromatic heterocycles. The van der Waals surface area contributed by atoms with Gasteiger partial charge in [-0.15, -0.1) is 11.3 Å². The Morgan fingerprint density at radius 1 is 1.33 bits per heavy atom. The second kappa shape index (κ2) is 7.21. The second-order valence-electron chi connectivity index (χ2n) is 5.95. The Hall–Kier alpha value is -2.08. The van der Waals surface area contributed by atoms with Crippen molar-refractivity contribution in [2.24, 2.45) is 5.92 Å². The molecule has 6 heteroatoms. The number of amides is 1. The maximum atomic E-state index is 12.5. The zero-order valence-corrected chi connectivity index (χ0v) is 15.0. The van der Waals surface area contributed by atoms with E-state index in [1.165, 1.54) is 10.6 Å². The van der Waals surface area contributed by atoms with E-state index in [1.807, 2.05) is 25.1 Å². The van der Waals surface area contributed by atoms with Gasteiger partial charge in [0, 0.05) is 17.3 Å². The van der Waals surface area contributed by atoms with E-state index >= 15 is 0 Å². The first kappa shape index (κ1) is 16.8. The second-order valence-corrected chi connectivity index (χ2v) is 7.24. The van der Waals surface area contributed by atoms with Gasteiger partial charge in [0.2, 0.25) is 5.91 Å². The molecule has 128 valence electrons. The summed E-state index contributed by atoms with van der Waals surface area (Å²) in [6, 6.07) is 5.69. The monoisotopic (exact) mass is 346 g/mol. The van der Waals surface area contributed by atoms with E-state index in [2.05, 4.69) is 10.3 Å². The van der Waals surface area contributed by atoms with Crippen molar-refractivity contribution < 1.29 is 14.3 Å². The van der Waals surface area contributed by atoms with Gasteiger partial charge >= 0.3 is 0 Å². The van der Waals surface area contributed by atoms with Crippen molar-refractivity contribution in [1.29, 1.82) is 0 Å². The number of rotatable bonds is 5. The lowest BCUT2D eigenvalue weighted by Crippen LogP contribution is -2.33. The lowest BCUT2D eigenvalue weighted by Gasteiger charge is -2.20. The van der Waals surface area contributed by atoms with Crippen LogP contribution >= 0.6 is 11.3 Å². The maximum Gasteiger partial charge on any atom is 0.223 e. The van der Waals surface area contributed by atoms with Crippen molar-refractivity contribution in [3.8, 4) is 11.5 Å². The van der Waals surface area contributed by atoms with Gasteiger partial charge in [0.1, 0.15) is 0 Å². The van der Waals surface area contributed by atoms with E-state index in [-0.39, 0.29) is 11.8 Å². The molecule has 1 heterocycles. The van der Waals surface area contributed by atoms with Gasteiger partial charge in [-0.2, -0.15) is 0 Å². The molecule has 1 N–H and O–H groups in total. The minimum absolute atomic E-state index is 0.0393. The quantitative estimate of drug-likeness (QED) is 0.904. The summed E-state index contributed by atoms with van der Waals surface area (Å²) in [7, 11) is 3.22. The van der Waals surface area contributed by atoms with Crippen LogP contribution in [0.5, 0.6) is 11.5 Å². The Balaban J connectivity index is 1.60. The molecule has 0 saturated heterocycles. The van der Waals surface area contributed by atoms with Crippen LogP contribution in [0.4, 0.5) is 0 Å². The number of nitrogens with one attached hydrogen (secondary N) is 1. The highest BCUT2D eigenvalue weighted by Crippen LogP contribution is 2.30. The van der Waals surface area contributed by atoms with Crippen molar-refractivity contribution in [1.82, 2.24) is 10.3 Å². The molecule has 1 amide bonds. The number of hydrogen-bond donors (Lipinski definition) is 1. The van der Waals surface area contributed by atoms with E-state index in [0.29, 0.717) is 18.0 Å². The lowest BCUT2D eigenvalue weighted by atomic mass is 9.90. The third kappa shape index (κ3) is 3.53. The molecule has 0 saturated carbocycles. The van der Waals surface area contributed by atoms with Crippen LogP contribution in [0.15, 0.2) is 18.2 Å². The van der Waals surface area contributed by atoms with Crippen molar-refractivity contribution in [2.45, 2.75) is 32.7 Å². The molecule has 1 aliphatic rings. The van der Waals surface area contributed by atoms with Crippen molar-refractivity contribution in [2.75, 3.05) is 14.2 Å². The number of aromatic nitrogens is 1. The van der Waals surface area contributed by atoms with Crippen LogP contribution in [0.3, 0.4) is 0 Å². The predicted octanol–water partition coefficient (Wildman–Crippen LogP) is 2.89. The molecule has 24 heavy (non-hydrogen) atoms. The topological polar surface area (TPSA) is 60.5 Å². The molecule has 0 aliphatic heterocycles. The van der Waals surface area contributed by atoms with E-state index in [9.17, 15) is 4.79 Å². The van der Waals surface area contributed by atoms with Crippen LogP contribution in [0.1, 0.15) is 27.6 Å². The Morgan fingerprint density at radius 3 is 2.88 bits per heavy atom. The summed E-state index contributed by atoms with van der Waals surface area (Å²) in [5.74, 6) is 1.51. The van der Waals surface area contributed by atoms with Gasteiger partial charge in [-0.1, -0.05) is 6.07 Å². The molecular weight excluding hydrogens is 324 g/mol. The SMILES string of the molecule is COc1ccc(CNC(=O)C2CCc3nc(C)sc3C2)cc1OC. The minimum atomic E-state index is 0.0393. The number of carbonyl (C=O) groups is 1. The van der Waals surface area contributed by atoms with Gasteiger partial charge in [0.05, 0.1) is 24.9 Å². The lowest BCUT2D eigenvalue weighted by molar-refractivity contribution is -0.125. The fraction of sp³-hybridized carbons (Fsp3) is 0.444. The molecule has 0 radical (unpaired) electrons. The highest BCUT2D eigenvalue weighted by Gasteiger charge is 2.26. The smallest absolute Gasteiger partial charge is 0.223 e. The zero-order valence-electron chi connectivity index (χ0n) is 14.2. The summed E-state index contributed by atoms with van der Waals surface area (Å²) >= 11 is 1.71. The van der Waals surface area contributed by atoms with Crippen LogP contribution in [0.25, 0.3) is 0 Å². The number of methoxy groups -OCH3 is 2. The van der Waals surface area contributed by atoms with E-state index in [4.69, 9.17) is 9.47 Å². The number of nitrogens with zero attached hydrogens (tertiary/aromatic N) is 1. The fourth-order valence-corrected chi connectivity index (χ4v) is 4.11. The van der Waals surface area contributed by atoms with Gasteiger partial charge in [0.25, 0.3) is 0 Å². The van der Waals surface area contributed by atoms with E-state index in [0.717, 1.165) is 29.8 Å². The van der Waals surface area contributed by atoms with Gasteiger partial charge in [-0.3, -0.25) is 4.79 Å². The summed E-state index contributed by atoms with van der Waals surface area (Å²) in [4.78, 5) is 18.3. The van der Waals surface area contributed by atoms with Crippen molar-refractivity contribution in [3.63, 3.8) is 0 Å². The third-order valence-corrected chi connectivity index (χ3v) is 5.37. The Kier molecular flexibility index (Phi) is 5.04. The standard InChI is InChI=1S/C18H22N2O3S/c1-11-20-14-6-5-13(9-17(14)24-11)18(21)19-10-12-4-7-15(22-2)16(8-12)23-3/h4,7-8,13H,5-6,9-10H2,1-3H3,(H,19,21). The molecule has 0 spiro atoms. The number of ether oxygens (including phenoxy) is 2. The van der Waals surface area contributed by atoms with Crippen LogP contribution in [0.2, 0.25) is 0 Å². The number of hydrogen-bond acceptors (Lipinski definition) is 5. The molecule has 1 unspecified atom stereocenters. The average Bonchev–Trinajstić information content (AvgIpc) is 2.98. The summed E-state index contributed by atoms with van der Waals surface area (Å²) < 4.78 is 10.5. The number of carbonyl (C=O) groups excluding carboxylic acids is 1. The predicted molar refractivity (Wildman–Crippen MR) is 93.8 cm³/mol. The summed E-state index contributed by atoms with van der Waals surface area (Å²) in [5.41, 5.74) is 2.17. The largest absolute Gasteiger partial charge is 0.493 e. The molecule has 5 nitrogen and oxygen atoms in total. The van der Waals surface area contributed by atoms with Crippen LogP contribution in [-0.2, 0) is 24.2 Å². The molecule has 0 fully saturated rings. The molecule has 3 rings (SSSR count). The molecular formula is C18H22N2O3S. The molecule has 1 atom stereocenters. The third-order valence-electron chi connectivity index (χ3n) is 4.33. The van der Waals surface area contributed by atoms with Crippen molar-refractivity contribution >= 4 is 17.2 Å². The molecule has 1 aliphatic carbocycles. The Labute approximate surface area is 146 Å². The van der Waals surface area contributed by atoms with Gasteiger partial charge in [-0.25, -0.2) is 4.98 Å². The number of fused-ring (bicyclic) bond motifs is 1. The van der Waals surface area contributed by atoms with E-state index in [1.54, 1.807) is 25.6 Å². The Morgan fingerprint density at radius 2 is 2.12 bits per heavy atom. The van der Waals surface area contributed by atoms with Gasteiger partial charge < -0.3 is 14.8 Å². The summed E-state index contributed by atoms with van der Waals surface area (Å²) in [6.45, 7) is 2.51. The highest BCUT2D eigenvalue weighted by atomic mass is 32.1. The number of thiazole rings is 1. The molecule has 2 aromatic rings. The molecule has 0 bridgehead atoms. The zero-order chi connectivity index (χ0) is 17.1. The first-order chi connectivity index (χ1) is 11.6. The van der Waals surface area contributed by atoms with Crippen molar-refractivity contribution in [3.05, 3.63) is 39.3 Å². The Bertz CT molecular complexity index is 742. The molecule has 1 aromatic carbocycles. The normalized spacial score (nSPS) is 16.4. The highest BCUT2D eigenvalue weighted by molar-refractivity contribution is 7.11. The van der Waals surface area contributed by atoms with Gasteiger partial charge in [-0.05, 0) is 43.9 Å². The van der Waals surface area contributed by atoms with Crippen LogP contribution < -0.4 is 14.8 Å². The first-order valence-corrected chi connectivity index (χ1v) is 8.86. The summed E-state index contributed by atoms with van der Waals surface area (Å²) in [5, 5.41) is 4.13. The summed E-state index contributed by atoms with van der Waals surface area (Å²) in [6.07, 6.45) is 2.57. The minimum Gasteiger partial charge on any atom is -0.493 e. The maximum absolute atomic E-state index is 12.5. The number of aryl methyl sites for hydroxylation is 2. The van der Waals surface area contributed by atoms with Gasteiger partial charge in [0.15, 0.2) is 11.5 Å². The van der Waals surface area contributed by atoms with Crippen LogP contribution in [-0.4, -0.2) is 25.1 Å². The van der Waals surface area contributed by atoms with Crippen LogP contribution in [0, 0.1) is 12.8 Å².